The summed E-state index contributed by atoms with van der Waals surface area (Å²) in [5.74, 6) is 0.750. The molecule has 0 rings (SSSR count). The van der Waals surface area contributed by atoms with Crippen LogP contribution in [0.4, 0.5) is 0 Å². The minimum absolute atomic E-state index is 0.613. The van der Waals surface area contributed by atoms with E-state index in [1.165, 1.54) is 5.57 Å². The van der Waals surface area contributed by atoms with Gasteiger partial charge in [-0.3, -0.25) is 0 Å². The highest BCUT2D eigenvalue weighted by Gasteiger charge is 1.89. The summed E-state index contributed by atoms with van der Waals surface area (Å²) in [5.41, 5.74) is 2.22. The van der Waals surface area contributed by atoms with Crippen LogP contribution in [0.5, 0.6) is 0 Å². The van der Waals surface area contributed by atoms with Crippen LogP contribution in [0.2, 0.25) is 0 Å². The maximum absolute atomic E-state index is 5.20. The van der Waals surface area contributed by atoms with Crippen LogP contribution in [-0.4, -0.2) is 6.61 Å². The van der Waals surface area contributed by atoms with Gasteiger partial charge in [0.25, 0.3) is 0 Å². The molecule has 0 saturated heterocycles. The maximum atomic E-state index is 5.20. The zero-order chi connectivity index (χ0) is 8.85. The van der Waals surface area contributed by atoms with Crippen molar-refractivity contribution in [3.05, 3.63) is 36.1 Å². The molecule has 62 valence electrons. The lowest BCUT2D eigenvalue weighted by Crippen LogP contribution is -1.92. The summed E-state index contributed by atoms with van der Waals surface area (Å²) in [5, 5.41) is 0. The van der Waals surface area contributed by atoms with Gasteiger partial charge >= 0.3 is 0 Å². The highest BCUT2D eigenvalue weighted by molar-refractivity contribution is 5.17. The molecule has 0 atom stereocenters. The topological polar surface area (TPSA) is 9.23 Å². The van der Waals surface area contributed by atoms with Crippen LogP contribution < -0.4 is 0 Å². The molecule has 11 heavy (non-hydrogen) atoms. The second-order valence-electron chi connectivity index (χ2n) is 2.83. The van der Waals surface area contributed by atoms with Crippen molar-refractivity contribution in [2.75, 3.05) is 6.61 Å². The molecule has 1 nitrogen and oxygen atoms in total. The molecule has 0 amide bonds. The van der Waals surface area contributed by atoms with Crippen LogP contribution in [0.25, 0.3) is 0 Å². The number of ether oxygens (including phenoxy) is 1. The van der Waals surface area contributed by atoms with Crippen molar-refractivity contribution < 1.29 is 4.74 Å². The first kappa shape index (κ1) is 10.0. The fourth-order valence-electron chi connectivity index (χ4n) is 0.699. The Labute approximate surface area is 69.1 Å². The van der Waals surface area contributed by atoms with Crippen LogP contribution >= 0.6 is 0 Å². The molecule has 1 heteroatoms. The van der Waals surface area contributed by atoms with Gasteiger partial charge in [0.05, 0.1) is 5.76 Å². The third-order valence-corrected chi connectivity index (χ3v) is 1.04. The number of hydrogen-bond donors (Lipinski definition) is 0. The summed E-state index contributed by atoms with van der Waals surface area (Å²) in [6.07, 6.45) is 2.00. The van der Waals surface area contributed by atoms with Gasteiger partial charge in [-0.05, 0) is 26.3 Å². The highest BCUT2D eigenvalue weighted by atomic mass is 16.5. The Morgan fingerprint density at radius 3 is 2.18 bits per heavy atom. The monoisotopic (exact) mass is 152 g/mol. The van der Waals surface area contributed by atoms with E-state index in [0.29, 0.717) is 6.61 Å². The van der Waals surface area contributed by atoms with Gasteiger partial charge in [-0.15, -0.1) is 0 Å². The predicted octanol–water partition coefficient (Wildman–Crippen LogP) is 3.06. The molecule has 0 aliphatic heterocycles. The SMILES string of the molecule is C=C(C)/C=C(\C)COC(=C)C. The molecule has 0 aromatic rings. The summed E-state index contributed by atoms with van der Waals surface area (Å²) in [4.78, 5) is 0. The maximum Gasteiger partial charge on any atom is 0.109 e. The molecule has 0 heterocycles. The van der Waals surface area contributed by atoms with Gasteiger partial charge in [0.2, 0.25) is 0 Å². The van der Waals surface area contributed by atoms with E-state index in [-0.39, 0.29) is 0 Å². The normalized spacial score (nSPS) is 11.0. The molecule has 0 N–H and O–H groups in total. The van der Waals surface area contributed by atoms with Gasteiger partial charge in [-0.2, -0.15) is 0 Å². The van der Waals surface area contributed by atoms with Crippen molar-refractivity contribution in [2.45, 2.75) is 20.8 Å². The van der Waals surface area contributed by atoms with E-state index in [0.717, 1.165) is 11.3 Å². The zero-order valence-electron chi connectivity index (χ0n) is 7.61. The van der Waals surface area contributed by atoms with Crippen molar-refractivity contribution in [3.8, 4) is 0 Å². The van der Waals surface area contributed by atoms with E-state index < -0.39 is 0 Å². The summed E-state index contributed by atoms with van der Waals surface area (Å²) < 4.78 is 5.20. The molecule has 0 aromatic heterocycles. The average molecular weight is 152 g/mol. The van der Waals surface area contributed by atoms with E-state index in [4.69, 9.17) is 4.74 Å². The van der Waals surface area contributed by atoms with Gasteiger partial charge < -0.3 is 4.74 Å². The second kappa shape index (κ2) is 4.78. The summed E-state index contributed by atoms with van der Waals surface area (Å²) in [6.45, 7) is 13.8. The first-order valence-corrected chi connectivity index (χ1v) is 3.63. The molecule has 0 bridgehead atoms. The minimum atomic E-state index is 0.613. The number of rotatable bonds is 4. The Bertz CT molecular complexity index is 187. The van der Waals surface area contributed by atoms with Gasteiger partial charge in [-0.25, -0.2) is 0 Å². The van der Waals surface area contributed by atoms with E-state index in [2.05, 4.69) is 13.2 Å². The standard InChI is InChI=1S/C10H16O/c1-8(2)6-10(5)7-11-9(3)4/h6H,1,3,7H2,2,4-5H3/b10-6+. The number of hydrogen-bond acceptors (Lipinski definition) is 1. The van der Waals surface area contributed by atoms with E-state index >= 15 is 0 Å². The lowest BCUT2D eigenvalue weighted by molar-refractivity contribution is 0.243. The molecule has 0 aliphatic carbocycles. The molecule has 0 aromatic carbocycles. The lowest BCUT2D eigenvalue weighted by Gasteiger charge is -2.04. The zero-order valence-corrected chi connectivity index (χ0v) is 7.61. The first-order valence-electron chi connectivity index (χ1n) is 3.63. The molecule has 0 aliphatic rings. The first-order chi connectivity index (χ1) is 5.02. The third kappa shape index (κ3) is 6.91. The second-order valence-corrected chi connectivity index (χ2v) is 2.83. The highest BCUT2D eigenvalue weighted by Crippen LogP contribution is 2.01. The fraction of sp³-hybridized carbons (Fsp3) is 0.400. The van der Waals surface area contributed by atoms with Crippen LogP contribution in [0.3, 0.4) is 0 Å². The molecule has 0 radical (unpaired) electrons. The molecular weight excluding hydrogens is 136 g/mol. The van der Waals surface area contributed by atoms with Crippen LogP contribution in [0.15, 0.2) is 36.1 Å². The van der Waals surface area contributed by atoms with E-state index in [1.807, 2.05) is 26.8 Å². The molecule has 0 unspecified atom stereocenters. The van der Waals surface area contributed by atoms with Crippen LogP contribution in [0.1, 0.15) is 20.8 Å². The summed E-state index contributed by atoms with van der Waals surface area (Å²) in [7, 11) is 0. The Hall–Kier alpha value is -0.980. The molecule has 0 fully saturated rings. The van der Waals surface area contributed by atoms with Crippen molar-refractivity contribution in [3.63, 3.8) is 0 Å². The van der Waals surface area contributed by atoms with Crippen molar-refractivity contribution in [1.82, 2.24) is 0 Å². The Morgan fingerprint density at radius 1 is 1.27 bits per heavy atom. The molecule has 0 spiro atoms. The van der Waals surface area contributed by atoms with E-state index in [1.54, 1.807) is 0 Å². The Morgan fingerprint density at radius 2 is 1.82 bits per heavy atom. The van der Waals surface area contributed by atoms with Gasteiger partial charge in [0.1, 0.15) is 6.61 Å². The van der Waals surface area contributed by atoms with E-state index in [9.17, 15) is 0 Å². The largest absolute Gasteiger partial charge is 0.495 e. The predicted molar refractivity (Wildman–Crippen MR) is 49.3 cm³/mol. The van der Waals surface area contributed by atoms with Crippen molar-refractivity contribution >= 4 is 0 Å². The average Bonchev–Trinajstić information content (AvgIpc) is 1.82. The third-order valence-electron chi connectivity index (χ3n) is 1.04. The van der Waals surface area contributed by atoms with Crippen LogP contribution in [-0.2, 0) is 4.74 Å². The fourth-order valence-corrected chi connectivity index (χ4v) is 0.699. The Balaban J connectivity index is 3.77. The smallest absolute Gasteiger partial charge is 0.109 e. The molecular formula is C10H16O. The van der Waals surface area contributed by atoms with Crippen molar-refractivity contribution in [1.29, 1.82) is 0 Å². The van der Waals surface area contributed by atoms with Crippen LogP contribution in [0, 0.1) is 0 Å². The lowest BCUT2D eigenvalue weighted by atomic mass is 10.2. The Kier molecular flexibility index (Phi) is 4.35. The van der Waals surface area contributed by atoms with Gasteiger partial charge in [-0.1, -0.05) is 24.8 Å². The quantitative estimate of drug-likeness (QED) is 0.444. The number of allylic oxidation sites excluding steroid dienone is 3. The van der Waals surface area contributed by atoms with Crippen molar-refractivity contribution in [2.24, 2.45) is 0 Å². The van der Waals surface area contributed by atoms with Gasteiger partial charge in [0.15, 0.2) is 0 Å². The minimum Gasteiger partial charge on any atom is -0.495 e. The van der Waals surface area contributed by atoms with Gasteiger partial charge in [0, 0.05) is 0 Å². The molecule has 0 saturated carbocycles. The summed E-state index contributed by atoms with van der Waals surface area (Å²) in [6, 6.07) is 0. The summed E-state index contributed by atoms with van der Waals surface area (Å²) >= 11 is 0.